The van der Waals surface area contributed by atoms with Crippen LogP contribution in [0.2, 0.25) is 0 Å². The van der Waals surface area contributed by atoms with E-state index < -0.39 is 0 Å². The molecule has 1 atom stereocenters. The lowest BCUT2D eigenvalue weighted by molar-refractivity contribution is -0.134. The zero-order valence-electron chi connectivity index (χ0n) is 13.9. The van der Waals surface area contributed by atoms with Gasteiger partial charge in [-0.05, 0) is 31.4 Å². The molecule has 2 amide bonds. The van der Waals surface area contributed by atoms with Crippen LogP contribution < -0.4 is 10.2 Å². The van der Waals surface area contributed by atoms with Gasteiger partial charge >= 0.3 is 0 Å². The molecule has 0 aliphatic carbocycles. The number of hydrogen-bond acceptors (Lipinski definition) is 6. The number of imide groups is 1. The van der Waals surface area contributed by atoms with E-state index in [1.54, 1.807) is 12.5 Å². The number of nitrogens with zero attached hydrogens (tertiary/aromatic N) is 2. The highest BCUT2D eigenvalue weighted by Gasteiger charge is 2.31. The molecule has 0 saturated carbocycles. The molecule has 4 heterocycles. The first kappa shape index (κ1) is 15.9. The lowest BCUT2D eigenvalue weighted by Crippen LogP contribution is -2.40. The Morgan fingerprint density at radius 3 is 2.48 bits per heavy atom. The predicted molar refractivity (Wildman–Crippen MR) is 89.4 cm³/mol. The van der Waals surface area contributed by atoms with Crippen LogP contribution in [0.15, 0.2) is 30.9 Å². The first-order chi connectivity index (χ1) is 12.2. The maximum absolute atomic E-state index is 11.9. The summed E-state index contributed by atoms with van der Waals surface area (Å²) < 4.78 is 10.9. The van der Waals surface area contributed by atoms with Crippen LogP contribution >= 0.6 is 0 Å². The molecular weight excluding hydrogens is 322 g/mol. The van der Waals surface area contributed by atoms with E-state index in [-0.39, 0.29) is 24.0 Å². The van der Waals surface area contributed by atoms with Gasteiger partial charge in [-0.3, -0.25) is 19.9 Å². The van der Waals surface area contributed by atoms with Gasteiger partial charge in [0, 0.05) is 25.4 Å². The van der Waals surface area contributed by atoms with E-state index in [0.29, 0.717) is 18.8 Å². The second-order valence-corrected chi connectivity index (χ2v) is 6.68. The third kappa shape index (κ3) is 3.31. The van der Waals surface area contributed by atoms with Crippen molar-refractivity contribution in [2.45, 2.75) is 37.9 Å². The Morgan fingerprint density at radius 2 is 1.84 bits per heavy atom. The average Bonchev–Trinajstić information content (AvgIpc) is 3.17. The molecule has 1 N–H and O–H groups in total. The summed E-state index contributed by atoms with van der Waals surface area (Å²) in [6.45, 7) is 1.85. The Hall–Kier alpha value is -2.57. The molecule has 3 aliphatic rings. The maximum atomic E-state index is 11.9. The maximum Gasteiger partial charge on any atom is 0.242 e. The fraction of sp³-hybridized carbons (Fsp3) is 0.500. The van der Waals surface area contributed by atoms with E-state index in [2.05, 4.69) is 15.2 Å². The van der Waals surface area contributed by atoms with Gasteiger partial charge in [-0.15, -0.1) is 0 Å². The predicted octanol–water partition coefficient (Wildman–Crippen LogP) is 1.66. The van der Waals surface area contributed by atoms with Crippen molar-refractivity contribution < 1.29 is 19.1 Å². The van der Waals surface area contributed by atoms with E-state index in [4.69, 9.17) is 9.47 Å². The first-order valence-corrected chi connectivity index (χ1v) is 8.71. The summed E-state index contributed by atoms with van der Waals surface area (Å²) in [4.78, 5) is 30.0. The molecule has 2 saturated heterocycles. The summed E-state index contributed by atoms with van der Waals surface area (Å²) in [5.74, 6) is -0.378. The molecule has 0 bridgehead atoms. The number of hydrogen-bond donors (Lipinski definition) is 1. The molecule has 2 fully saturated rings. The van der Waals surface area contributed by atoms with E-state index in [0.717, 1.165) is 37.3 Å². The van der Waals surface area contributed by atoms with Crippen LogP contribution in [-0.2, 0) is 19.1 Å². The van der Waals surface area contributed by atoms with E-state index >= 15 is 0 Å². The fourth-order valence-electron chi connectivity index (χ4n) is 3.67. The summed E-state index contributed by atoms with van der Waals surface area (Å²) in [7, 11) is 0. The lowest BCUT2D eigenvalue weighted by Gasteiger charge is -2.35. The summed E-state index contributed by atoms with van der Waals surface area (Å²) in [5.41, 5.74) is 1.78. The number of pyridine rings is 1. The average molecular weight is 343 g/mol. The van der Waals surface area contributed by atoms with Crippen LogP contribution in [0.5, 0.6) is 0 Å². The molecule has 1 aromatic heterocycles. The first-order valence-electron chi connectivity index (χ1n) is 8.71. The molecular formula is C18H21N3O4. The topological polar surface area (TPSA) is 80.8 Å². The Morgan fingerprint density at radius 1 is 1.08 bits per heavy atom. The Bertz CT molecular complexity index is 672. The van der Waals surface area contributed by atoms with E-state index in [9.17, 15) is 9.59 Å². The highest BCUT2D eigenvalue weighted by molar-refractivity contribution is 6.00. The van der Waals surface area contributed by atoms with Crippen LogP contribution in [0, 0.1) is 5.92 Å². The number of anilines is 1. The highest BCUT2D eigenvalue weighted by Crippen LogP contribution is 2.30. The SMILES string of the molecule is O=C1CCC(c2ccc(N3CCC(C4OC=CO4)CC3)cn2)C(=O)N1. The minimum atomic E-state index is -0.332. The normalized spacial score (nSPS) is 24.8. The van der Waals surface area contributed by atoms with E-state index in [1.165, 1.54) is 0 Å². The molecule has 1 aromatic rings. The van der Waals surface area contributed by atoms with Crippen molar-refractivity contribution in [3.63, 3.8) is 0 Å². The number of carbonyl (C=O) groups is 2. The van der Waals surface area contributed by atoms with Crippen molar-refractivity contribution in [1.29, 1.82) is 0 Å². The summed E-state index contributed by atoms with van der Waals surface area (Å²) in [6.07, 6.45) is 7.79. The molecule has 25 heavy (non-hydrogen) atoms. The minimum absolute atomic E-state index is 0.143. The third-order valence-corrected chi connectivity index (χ3v) is 5.14. The number of ether oxygens (including phenoxy) is 2. The van der Waals surface area contributed by atoms with Crippen LogP contribution in [0.4, 0.5) is 5.69 Å². The largest absolute Gasteiger partial charge is 0.459 e. The molecule has 0 aromatic carbocycles. The number of amides is 2. The van der Waals surface area contributed by atoms with Gasteiger partial charge < -0.3 is 14.4 Å². The van der Waals surface area contributed by atoms with Crippen molar-refractivity contribution in [3.8, 4) is 0 Å². The quantitative estimate of drug-likeness (QED) is 0.841. The number of nitrogens with one attached hydrogen (secondary N) is 1. The molecule has 3 aliphatic heterocycles. The molecule has 0 spiro atoms. The van der Waals surface area contributed by atoms with Gasteiger partial charge in [0.15, 0.2) is 0 Å². The number of carbonyl (C=O) groups excluding carboxylic acids is 2. The summed E-state index contributed by atoms with van der Waals surface area (Å²) in [5, 5.41) is 2.38. The summed E-state index contributed by atoms with van der Waals surface area (Å²) in [6, 6.07) is 3.91. The zero-order chi connectivity index (χ0) is 17.2. The minimum Gasteiger partial charge on any atom is -0.459 e. The smallest absolute Gasteiger partial charge is 0.242 e. The number of piperidine rings is 2. The third-order valence-electron chi connectivity index (χ3n) is 5.14. The van der Waals surface area contributed by atoms with Gasteiger partial charge in [-0.1, -0.05) is 0 Å². The second-order valence-electron chi connectivity index (χ2n) is 6.68. The molecule has 132 valence electrons. The van der Waals surface area contributed by atoms with Gasteiger partial charge in [0.25, 0.3) is 0 Å². The summed E-state index contributed by atoms with van der Waals surface area (Å²) >= 11 is 0. The molecule has 7 heteroatoms. The van der Waals surface area contributed by atoms with Gasteiger partial charge in [-0.2, -0.15) is 0 Å². The van der Waals surface area contributed by atoms with Crippen molar-refractivity contribution >= 4 is 17.5 Å². The van der Waals surface area contributed by atoms with Gasteiger partial charge in [0.05, 0.1) is 23.5 Å². The highest BCUT2D eigenvalue weighted by atomic mass is 16.7. The van der Waals surface area contributed by atoms with Gasteiger partial charge in [0.2, 0.25) is 18.1 Å². The molecule has 1 unspecified atom stereocenters. The monoisotopic (exact) mass is 343 g/mol. The number of aromatic nitrogens is 1. The zero-order valence-corrected chi connectivity index (χ0v) is 13.9. The van der Waals surface area contributed by atoms with E-state index in [1.807, 2.05) is 18.3 Å². The lowest BCUT2D eigenvalue weighted by atomic mass is 9.94. The van der Waals surface area contributed by atoms with Crippen molar-refractivity contribution in [1.82, 2.24) is 10.3 Å². The second kappa shape index (κ2) is 6.74. The van der Waals surface area contributed by atoms with Crippen LogP contribution in [0.1, 0.15) is 37.3 Å². The number of rotatable bonds is 3. The Labute approximate surface area is 146 Å². The van der Waals surface area contributed by atoms with Crippen molar-refractivity contribution in [2.24, 2.45) is 5.92 Å². The molecule has 0 radical (unpaired) electrons. The van der Waals surface area contributed by atoms with Crippen LogP contribution in [0.3, 0.4) is 0 Å². The Kier molecular flexibility index (Phi) is 4.29. The van der Waals surface area contributed by atoms with Gasteiger partial charge in [0.1, 0.15) is 12.5 Å². The standard InChI is InChI=1S/C18H21N3O4/c22-16-4-2-14(17(23)20-16)15-3-1-13(11-19-15)21-7-5-12(6-8-21)18-24-9-10-25-18/h1,3,9-12,14,18H,2,4-8H2,(H,20,22,23). The van der Waals surface area contributed by atoms with Crippen LogP contribution in [0.25, 0.3) is 0 Å². The Balaban J connectivity index is 1.36. The fourth-order valence-corrected chi connectivity index (χ4v) is 3.67. The molecule has 4 rings (SSSR count). The van der Waals surface area contributed by atoms with Crippen LogP contribution in [-0.4, -0.2) is 36.2 Å². The van der Waals surface area contributed by atoms with Crippen molar-refractivity contribution in [3.05, 3.63) is 36.5 Å². The molecule has 7 nitrogen and oxygen atoms in total. The van der Waals surface area contributed by atoms with Gasteiger partial charge in [-0.25, -0.2) is 0 Å². The van der Waals surface area contributed by atoms with Crippen molar-refractivity contribution in [2.75, 3.05) is 18.0 Å².